The standard InChI is InChI=1S/C18H20ClNOS/c1-13-7-9-15(10-8-13)11-22-12-18(21)20-14(2)16-5-3-4-6-17(16)19/h3-10,14H,11-12H2,1-2H3,(H,20,21)/t14-/m0/s1. The first kappa shape index (κ1) is 16.9. The topological polar surface area (TPSA) is 29.1 Å². The summed E-state index contributed by atoms with van der Waals surface area (Å²) in [6, 6.07) is 15.9. The molecule has 2 aromatic carbocycles. The molecule has 22 heavy (non-hydrogen) atoms. The van der Waals surface area contributed by atoms with Gasteiger partial charge in [-0.15, -0.1) is 11.8 Å². The smallest absolute Gasteiger partial charge is 0.230 e. The van der Waals surface area contributed by atoms with Crippen LogP contribution in [-0.2, 0) is 10.5 Å². The van der Waals surface area contributed by atoms with Crippen molar-refractivity contribution in [2.45, 2.75) is 25.6 Å². The van der Waals surface area contributed by atoms with Crippen molar-refractivity contribution in [1.82, 2.24) is 5.32 Å². The molecule has 2 aromatic rings. The van der Waals surface area contributed by atoms with Crippen LogP contribution in [0.15, 0.2) is 48.5 Å². The maximum Gasteiger partial charge on any atom is 0.230 e. The van der Waals surface area contributed by atoms with E-state index in [1.54, 1.807) is 11.8 Å². The molecule has 0 aromatic heterocycles. The number of amides is 1. The van der Waals surface area contributed by atoms with Gasteiger partial charge in [-0.05, 0) is 31.0 Å². The summed E-state index contributed by atoms with van der Waals surface area (Å²) in [5.41, 5.74) is 3.43. The fraction of sp³-hybridized carbons (Fsp3) is 0.278. The predicted molar refractivity (Wildman–Crippen MR) is 95.4 cm³/mol. The molecule has 2 rings (SSSR count). The zero-order chi connectivity index (χ0) is 15.9. The summed E-state index contributed by atoms with van der Waals surface area (Å²) in [5.74, 6) is 1.32. The van der Waals surface area contributed by atoms with Crippen molar-refractivity contribution in [3.05, 3.63) is 70.2 Å². The van der Waals surface area contributed by atoms with Gasteiger partial charge in [-0.25, -0.2) is 0 Å². The molecule has 0 aliphatic rings. The van der Waals surface area contributed by atoms with E-state index in [1.165, 1.54) is 11.1 Å². The Kier molecular flexibility index (Phi) is 6.34. The third kappa shape index (κ3) is 5.08. The Labute approximate surface area is 141 Å². The number of hydrogen-bond donors (Lipinski definition) is 1. The Bertz CT molecular complexity index is 627. The molecule has 0 aliphatic carbocycles. The average Bonchev–Trinajstić information content (AvgIpc) is 2.49. The van der Waals surface area contributed by atoms with Crippen molar-refractivity contribution < 1.29 is 4.79 Å². The maximum atomic E-state index is 12.0. The number of carbonyl (C=O) groups excluding carboxylic acids is 1. The Morgan fingerprint density at radius 1 is 1.18 bits per heavy atom. The lowest BCUT2D eigenvalue weighted by molar-refractivity contribution is -0.119. The zero-order valence-electron chi connectivity index (χ0n) is 12.8. The van der Waals surface area contributed by atoms with E-state index >= 15 is 0 Å². The zero-order valence-corrected chi connectivity index (χ0v) is 14.4. The minimum Gasteiger partial charge on any atom is -0.349 e. The molecule has 1 N–H and O–H groups in total. The number of halogens is 1. The van der Waals surface area contributed by atoms with Crippen LogP contribution in [0.1, 0.15) is 29.7 Å². The number of aryl methyl sites for hydroxylation is 1. The third-order valence-electron chi connectivity index (χ3n) is 3.37. The van der Waals surface area contributed by atoms with Gasteiger partial charge in [-0.3, -0.25) is 4.79 Å². The van der Waals surface area contributed by atoms with Crippen LogP contribution in [0.4, 0.5) is 0 Å². The molecule has 0 unspecified atom stereocenters. The summed E-state index contributed by atoms with van der Waals surface area (Å²) in [6.45, 7) is 4.02. The lowest BCUT2D eigenvalue weighted by Gasteiger charge is -2.15. The third-order valence-corrected chi connectivity index (χ3v) is 4.72. The molecule has 1 atom stereocenters. The Hall–Kier alpha value is -1.45. The molecular weight excluding hydrogens is 314 g/mol. The van der Waals surface area contributed by atoms with E-state index in [4.69, 9.17) is 11.6 Å². The van der Waals surface area contributed by atoms with Crippen LogP contribution >= 0.6 is 23.4 Å². The summed E-state index contributed by atoms with van der Waals surface area (Å²) < 4.78 is 0. The highest BCUT2D eigenvalue weighted by Crippen LogP contribution is 2.22. The van der Waals surface area contributed by atoms with E-state index in [1.807, 2.05) is 31.2 Å². The quantitative estimate of drug-likeness (QED) is 0.825. The van der Waals surface area contributed by atoms with E-state index in [9.17, 15) is 4.79 Å². The maximum absolute atomic E-state index is 12.0. The van der Waals surface area contributed by atoms with Gasteiger partial charge in [0.2, 0.25) is 5.91 Å². The minimum atomic E-state index is -0.0822. The molecule has 0 bridgehead atoms. The monoisotopic (exact) mass is 333 g/mol. The van der Waals surface area contributed by atoms with Crippen LogP contribution in [0.3, 0.4) is 0 Å². The number of benzene rings is 2. The van der Waals surface area contributed by atoms with Crippen LogP contribution in [0.2, 0.25) is 5.02 Å². The van der Waals surface area contributed by atoms with E-state index in [0.29, 0.717) is 10.8 Å². The van der Waals surface area contributed by atoms with E-state index in [-0.39, 0.29) is 11.9 Å². The minimum absolute atomic E-state index is 0.0320. The van der Waals surface area contributed by atoms with Gasteiger partial charge in [0, 0.05) is 10.8 Å². The second-order valence-electron chi connectivity index (χ2n) is 5.29. The number of carbonyl (C=O) groups is 1. The van der Waals surface area contributed by atoms with Crippen molar-refractivity contribution in [2.24, 2.45) is 0 Å². The number of rotatable bonds is 6. The van der Waals surface area contributed by atoms with Crippen LogP contribution in [-0.4, -0.2) is 11.7 Å². The Morgan fingerprint density at radius 3 is 2.55 bits per heavy atom. The summed E-state index contributed by atoms with van der Waals surface area (Å²) >= 11 is 7.76. The van der Waals surface area contributed by atoms with Gasteiger partial charge in [-0.2, -0.15) is 0 Å². The molecule has 0 heterocycles. The van der Waals surface area contributed by atoms with Crippen molar-refractivity contribution >= 4 is 29.3 Å². The fourth-order valence-electron chi connectivity index (χ4n) is 2.13. The molecule has 0 saturated heterocycles. The second-order valence-corrected chi connectivity index (χ2v) is 6.68. The van der Waals surface area contributed by atoms with Gasteiger partial charge >= 0.3 is 0 Å². The van der Waals surface area contributed by atoms with Crippen molar-refractivity contribution in [3.8, 4) is 0 Å². The van der Waals surface area contributed by atoms with Crippen LogP contribution in [0, 0.1) is 6.92 Å². The number of hydrogen-bond acceptors (Lipinski definition) is 2. The molecule has 4 heteroatoms. The Morgan fingerprint density at radius 2 is 1.86 bits per heavy atom. The molecule has 0 saturated carbocycles. The molecule has 0 aliphatic heterocycles. The molecule has 1 amide bonds. The van der Waals surface area contributed by atoms with Crippen LogP contribution in [0.5, 0.6) is 0 Å². The van der Waals surface area contributed by atoms with E-state index in [2.05, 4.69) is 36.5 Å². The highest BCUT2D eigenvalue weighted by molar-refractivity contribution is 7.99. The predicted octanol–water partition coefficient (Wildman–Crippen LogP) is 4.76. The lowest BCUT2D eigenvalue weighted by atomic mass is 10.1. The average molecular weight is 334 g/mol. The van der Waals surface area contributed by atoms with Gasteiger partial charge in [0.25, 0.3) is 0 Å². The molecule has 2 nitrogen and oxygen atoms in total. The SMILES string of the molecule is Cc1ccc(CSCC(=O)N[C@@H](C)c2ccccc2Cl)cc1. The highest BCUT2D eigenvalue weighted by atomic mass is 35.5. The largest absolute Gasteiger partial charge is 0.349 e. The summed E-state index contributed by atoms with van der Waals surface area (Å²) in [6.07, 6.45) is 0. The molecule has 0 radical (unpaired) electrons. The fourth-order valence-corrected chi connectivity index (χ4v) is 3.23. The number of thioether (sulfide) groups is 1. The van der Waals surface area contributed by atoms with Crippen molar-refractivity contribution in [2.75, 3.05) is 5.75 Å². The normalized spacial score (nSPS) is 12.0. The second kappa shape index (κ2) is 8.25. The Balaban J connectivity index is 1.78. The van der Waals surface area contributed by atoms with E-state index < -0.39 is 0 Å². The van der Waals surface area contributed by atoms with Crippen molar-refractivity contribution in [1.29, 1.82) is 0 Å². The first-order chi connectivity index (χ1) is 10.6. The van der Waals surface area contributed by atoms with Gasteiger partial charge in [0.15, 0.2) is 0 Å². The lowest BCUT2D eigenvalue weighted by Crippen LogP contribution is -2.28. The van der Waals surface area contributed by atoms with Gasteiger partial charge in [0.1, 0.15) is 0 Å². The highest BCUT2D eigenvalue weighted by Gasteiger charge is 2.12. The first-order valence-electron chi connectivity index (χ1n) is 7.23. The van der Waals surface area contributed by atoms with E-state index in [0.717, 1.165) is 11.3 Å². The van der Waals surface area contributed by atoms with Gasteiger partial charge < -0.3 is 5.32 Å². The van der Waals surface area contributed by atoms with Crippen LogP contribution in [0.25, 0.3) is 0 Å². The summed E-state index contributed by atoms with van der Waals surface area (Å²) in [7, 11) is 0. The summed E-state index contributed by atoms with van der Waals surface area (Å²) in [5, 5.41) is 3.67. The van der Waals surface area contributed by atoms with Gasteiger partial charge in [-0.1, -0.05) is 59.6 Å². The molecular formula is C18H20ClNOS. The molecule has 0 fully saturated rings. The van der Waals surface area contributed by atoms with Crippen molar-refractivity contribution in [3.63, 3.8) is 0 Å². The molecule has 116 valence electrons. The number of nitrogens with one attached hydrogen (secondary N) is 1. The van der Waals surface area contributed by atoms with Crippen LogP contribution < -0.4 is 5.32 Å². The molecule has 0 spiro atoms. The first-order valence-corrected chi connectivity index (χ1v) is 8.76. The van der Waals surface area contributed by atoms with Gasteiger partial charge in [0.05, 0.1) is 11.8 Å². The summed E-state index contributed by atoms with van der Waals surface area (Å²) in [4.78, 5) is 12.0.